The van der Waals surface area contributed by atoms with Crippen molar-refractivity contribution in [3.63, 3.8) is 0 Å². The van der Waals surface area contributed by atoms with Gasteiger partial charge in [0.25, 0.3) is 5.91 Å². The minimum atomic E-state index is -0.400. The summed E-state index contributed by atoms with van der Waals surface area (Å²) in [7, 11) is 2.10. The Hall–Kier alpha value is -1.73. The lowest BCUT2D eigenvalue weighted by Gasteiger charge is -2.48. The molecule has 0 bridgehead atoms. The molecule has 156 valence electrons. The van der Waals surface area contributed by atoms with Gasteiger partial charge in [0.15, 0.2) is 0 Å². The number of amides is 1. The number of hydrogen-bond donors (Lipinski definition) is 1. The number of thiophene rings is 1. The molecule has 2 aromatic rings. The zero-order valence-corrected chi connectivity index (χ0v) is 18.2. The predicted octanol–water partition coefficient (Wildman–Crippen LogP) is 3.04. The number of carbonyl (C=O) groups is 1. The Labute approximate surface area is 177 Å². The van der Waals surface area contributed by atoms with Crippen LogP contribution in [0, 0.1) is 6.92 Å². The molecule has 2 saturated heterocycles. The van der Waals surface area contributed by atoms with Gasteiger partial charge in [-0.2, -0.15) is 11.3 Å². The average Bonchev–Trinajstić information content (AvgIpc) is 3.22. The Bertz CT molecular complexity index is 798. The van der Waals surface area contributed by atoms with Crippen molar-refractivity contribution in [1.82, 2.24) is 15.1 Å². The Kier molecular flexibility index (Phi) is 6.35. The molecule has 1 aromatic carbocycles. The van der Waals surface area contributed by atoms with Crippen LogP contribution in [0.4, 0.5) is 0 Å². The second-order valence-electron chi connectivity index (χ2n) is 8.60. The van der Waals surface area contributed by atoms with E-state index in [2.05, 4.69) is 70.2 Å². The molecule has 1 N–H and O–H groups in total. The standard InChI is InChI=1S/C23H31N3O2S/c1-18-3-5-19(6-4-18)13-24-22(27)21-15-25(2)17-23(28-21)8-10-26(11-9-23)14-20-7-12-29-16-20/h3-7,12,16,21H,8-11,13-15,17H2,1-2H3,(H,24,27)/t21-/m1/s1. The second kappa shape index (κ2) is 8.96. The van der Waals surface area contributed by atoms with Crippen molar-refractivity contribution in [2.45, 2.75) is 44.6 Å². The monoisotopic (exact) mass is 413 g/mol. The third kappa shape index (κ3) is 5.25. The molecular weight excluding hydrogens is 382 g/mol. The Morgan fingerprint density at radius 2 is 1.97 bits per heavy atom. The minimum Gasteiger partial charge on any atom is -0.359 e. The van der Waals surface area contributed by atoms with E-state index >= 15 is 0 Å². The van der Waals surface area contributed by atoms with Crippen molar-refractivity contribution in [3.8, 4) is 0 Å². The molecule has 1 amide bonds. The van der Waals surface area contributed by atoms with E-state index in [1.54, 1.807) is 11.3 Å². The van der Waals surface area contributed by atoms with Gasteiger partial charge >= 0.3 is 0 Å². The Morgan fingerprint density at radius 3 is 2.66 bits per heavy atom. The molecule has 0 saturated carbocycles. The largest absolute Gasteiger partial charge is 0.359 e. The fourth-order valence-corrected chi connectivity index (χ4v) is 5.06. The first-order chi connectivity index (χ1) is 14.0. The molecule has 2 aliphatic heterocycles. The summed E-state index contributed by atoms with van der Waals surface area (Å²) in [5.74, 6) is -0.00259. The first kappa shape index (κ1) is 20.5. The van der Waals surface area contributed by atoms with E-state index in [-0.39, 0.29) is 11.5 Å². The fourth-order valence-electron chi connectivity index (χ4n) is 4.40. The normalized spacial score (nSPS) is 22.6. The maximum Gasteiger partial charge on any atom is 0.250 e. The summed E-state index contributed by atoms with van der Waals surface area (Å²) in [5, 5.41) is 7.43. The third-order valence-corrected chi connectivity index (χ3v) is 6.79. The first-order valence-corrected chi connectivity index (χ1v) is 11.4. The van der Waals surface area contributed by atoms with Crippen LogP contribution in [0.25, 0.3) is 0 Å². The second-order valence-corrected chi connectivity index (χ2v) is 9.38. The number of likely N-dealkylation sites (N-methyl/N-ethyl adjacent to an activating group) is 1. The maximum atomic E-state index is 12.8. The zero-order valence-electron chi connectivity index (χ0n) is 17.4. The van der Waals surface area contributed by atoms with Crippen LogP contribution in [0.15, 0.2) is 41.1 Å². The summed E-state index contributed by atoms with van der Waals surface area (Å²) >= 11 is 1.75. The van der Waals surface area contributed by atoms with E-state index in [0.717, 1.165) is 44.6 Å². The molecule has 4 rings (SSSR count). The summed E-state index contributed by atoms with van der Waals surface area (Å²) in [4.78, 5) is 17.6. The number of ether oxygens (including phenoxy) is 1. The highest BCUT2D eigenvalue weighted by Crippen LogP contribution is 2.32. The SMILES string of the molecule is Cc1ccc(CNC(=O)[C@H]2CN(C)CC3(CCN(Cc4ccsc4)CC3)O2)cc1. The van der Waals surface area contributed by atoms with E-state index in [9.17, 15) is 4.79 Å². The van der Waals surface area contributed by atoms with Gasteiger partial charge in [-0.15, -0.1) is 0 Å². The van der Waals surface area contributed by atoms with Crippen LogP contribution in [0.3, 0.4) is 0 Å². The van der Waals surface area contributed by atoms with E-state index in [1.165, 1.54) is 11.1 Å². The van der Waals surface area contributed by atoms with Gasteiger partial charge in [0.05, 0.1) is 5.60 Å². The molecule has 0 aliphatic carbocycles. The number of likely N-dealkylation sites (tertiary alicyclic amines) is 1. The lowest BCUT2D eigenvalue weighted by Crippen LogP contribution is -2.61. The Morgan fingerprint density at radius 1 is 1.21 bits per heavy atom. The summed E-state index contributed by atoms with van der Waals surface area (Å²) in [5.41, 5.74) is 3.53. The van der Waals surface area contributed by atoms with E-state index in [4.69, 9.17) is 4.74 Å². The quantitative estimate of drug-likeness (QED) is 0.818. The van der Waals surface area contributed by atoms with Gasteiger partial charge in [0.2, 0.25) is 0 Å². The summed E-state index contributed by atoms with van der Waals surface area (Å²) in [6.45, 7) is 7.21. The van der Waals surface area contributed by atoms with Crippen LogP contribution >= 0.6 is 11.3 Å². The van der Waals surface area contributed by atoms with Crippen molar-refractivity contribution < 1.29 is 9.53 Å². The molecule has 6 heteroatoms. The fraction of sp³-hybridized carbons (Fsp3) is 0.522. The van der Waals surface area contributed by atoms with Crippen molar-refractivity contribution in [3.05, 3.63) is 57.8 Å². The first-order valence-electron chi connectivity index (χ1n) is 10.4. The number of hydrogen-bond acceptors (Lipinski definition) is 5. The highest BCUT2D eigenvalue weighted by molar-refractivity contribution is 7.07. The lowest BCUT2D eigenvalue weighted by molar-refractivity contribution is -0.182. The number of rotatable bonds is 5. The van der Waals surface area contributed by atoms with Crippen LogP contribution in [0.1, 0.15) is 29.5 Å². The number of benzene rings is 1. The molecular formula is C23H31N3O2S. The number of nitrogens with zero attached hydrogens (tertiary/aromatic N) is 2. The van der Waals surface area contributed by atoms with Crippen molar-refractivity contribution in [1.29, 1.82) is 0 Å². The molecule has 5 nitrogen and oxygen atoms in total. The van der Waals surface area contributed by atoms with Gasteiger partial charge in [-0.25, -0.2) is 0 Å². The summed E-state index contributed by atoms with van der Waals surface area (Å²) in [6.07, 6.45) is 1.55. The van der Waals surface area contributed by atoms with Crippen molar-refractivity contribution >= 4 is 17.2 Å². The number of nitrogens with one attached hydrogen (secondary N) is 1. The number of aryl methyl sites for hydroxylation is 1. The van der Waals surface area contributed by atoms with Gasteiger partial charge in [0.1, 0.15) is 6.10 Å². The van der Waals surface area contributed by atoms with E-state index in [0.29, 0.717) is 13.1 Å². The number of morpholine rings is 1. The molecule has 3 heterocycles. The van der Waals surface area contributed by atoms with E-state index in [1.807, 2.05) is 0 Å². The molecule has 1 aromatic heterocycles. The molecule has 1 spiro atoms. The molecule has 0 radical (unpaired) electrons. The van der Waals surface area contributed by atoms with Gasteiger partial charge in [0, 0.05) is 39.3 Å². The Balaban J connectivity index is 1.31. The predicted molar refractivity (Wildman–Crippen MR) is 117 cm³/mol. The highest BCUT2D eigenvalue weighted by atomic mass is 32.1. The maximum absolute atomic E-state index is 12.8. The summed E-state index contributed by atoms with van der Waals surface area (Å²) < 4.78 is 6.46. The minimum absolute atomic E-state index is 0.00259. The molecule has 1 atom stereocenters. The van der Waals surface area contributed by atoms with Gasteiger partial charge in [-0.3, -0.25) is 9.69 Å². The van der Waals surface area contributed by atoms with Crippen molar-refractivity contribution in [2.75, 3.05) is 33.2 Å². The van der Waals surface area contributed by atoms with Crippen LogP contribution in [0.2, 0.25) is 0 Å². The molecule has 2 fully saturated rings. The van der Waals surface area contributed by atoms with Gasteiger partial charge in [-0.1, -0.05) is 29.8 Å². The van der Waals surface area contributed by atoms with Crippen LogP contribution in [0.5, 0.6) is 0 Å². The topological polar surface area (TPSA) is 44.8 Å². The summed E-state index contributed by atoms with van der Waals surface area (Å²) in [6, 6.07) is 10.5. The number of piperidine rings is 1. The van der Waals surface area contributed by atoms with E-state index < -0.39 is 6.10 Å². The zero-order chi connectivity index (χ0) is 20.3. The number of carbonyl (C=O) groups excluding carboxylic acids is 1. The molecule has 29 heavy (non-hydrogen) atoms. The average molecular weight is 414 g/mol. The molecule has 0 unspecified atom stereocenters. The van der Waals surface area contributed by atoms with Gasteiger partial charge in [-0.05, 0) is 54.8 Å². The highest BCUT2D eigenvalue weighted by Gasteiger charge is 2.43. The smallest absolute Gasteiger partial charge is 0.250 e. The van der Waals surface area contributed by atoms with Crippen LogP contribution in [-0.4, -0.2) is 60.6 Å². The van der Waals surface area contributed by atoms with Gasteiger partial charge < -0.3 is 15.0 Å². The lowest BCUT2D eigenvalue weighted by atomic mass is 9.88. The van der Waals surface area contributed by atoms with Crippen LogP contribution in [-0.2, 0) is 22.6 Å². The third-order valence-electron chi connectivity index (χ3n) is 6.06. The van der Waals surface area contributed by atoms with Crippen molar-refractivity contribution in [2.24, 2.45) is 0 Å². The van der Waals surface area contributed by atoms with Crippen LogP contribution < -0.4 is 5.32 Å². The molecule has 2 aliphatic rings.